The Morgan fingerprint density at radius 3 is 2.38 bits per heavy atom. The predicted molar refractivity (Wildman–Crippen MR) is 146 cm³/mol. The van der Waals surface area contributed by atoms with Crippen molar-refractivity contribution in [1.82, 2.24) is 14.4 Å². The number of benzene rings is 2. The Labute approximate surface area is 230 Å². The molecule has 4 rings (SSSR count). The first kappa shape index (κ1) is 28.2. The van der Waals surface area contributed by atoms with Crippen LogP contribution in [0.1, 0.15) is 27.4 Å². The van der Waals surface area contributed by atoms with Gasteiger partial charge < -0.3 is 9.84 Å². The zero-order valence-corrected chi connectivity index (χ0v) is 23.4. The molecule has 0 radical (unpaired) electrons. The van der Waals surface area contributed by atoms with Gasteiger partial charge in [0.25, 0.3) is 15.9 Å². The summed E-state index contributed by atoms with van der Waals surface area (Å²) in [5.41, 5.74) is 1.11. The fourth-order valence-electron chi connectivity index (χ4n) is 3.77. The third-order valence-electron chi connectivity index (χ3n) is 5.66. The minimum Gasteiger partial charge on any atom is -0.360 e. The van der Waals surface area contributed by atoms with Crippen molar-refractivity contribution in [2.45, 2.75) is 30.2 Å². The van der Waals surface area contributed by atoms with Crippen molar-refractivity contribution in [2.75, 3.05) is 17.1 Å². The van der Waals surface area contributed by atoms with Crippen LogP contribution in [-0.2, 0) is 26.6 Å². The van der Waals surface area contributed by atoms with Gasteiger partial charge in [-0.25, -0.2) is 16.8 Å². The number of hydrogen-bond acceptors (Lipinski definition) is 8. The van der Waals surface area contributed by atoms with Crippen molar-refractivity contribution in [2.24, 2.45) is 0 Å². The minimum absolute atomic E-state index is 0.0203. The van der Waals surface area contributed by atoms with E-state index >= 15 is 0 Å². The van der Waals surface area contributed by atoms with Crippen LogP contribution < -0.4 is 10.0 Å². The number of hydrogen-bond donors (Lipinski definition) is 2. The van der Waals surface area contributed by atoms with E-state index in [9.17, 15) is 21.6 Å². The maximum atomic E-state index is 13.1. The summed E-state index contributed by atoms with van der Waals surface area (Å²) in [5.74, 6) is -0.570. The van der Waals surface area contributed by atoms with Crippen LogP contribution in [0.2, 0.25) is 5.02 Å². The largest absolute Gasteiger partial charge is 0.360 e. The van der Waals surface area contributed by atoms with E-state index in [1.807, 2.05) is 0 Å². The highest BCUT2D eigenvalue weighted by Crippen LogP contribution is 2.27. The lowest BCUT2D eigenvalue weighted by atomic mass is 10.1. The molecule has 0 bridgehead atoms. The summed E-state index contributed by atoms with van der Waals surface area (Å²) >= 11 is 6.09. The fraction of sp³-hybridized carbons (Fsp3) is 0.160. The van der Waals surface area contributed by atoms with Gasteiger partial charge in [-0.3, -0.25) is 14.5 Å². The molecule has 4 aromatic rings. The van der Waals surface area contributed by atoms with Crippen LogP contribution in [0.15, 0.2) is 81.3 Å². The SMILES string of the molecule is Cc1noc(C)c1S(=O)(=O)Nc1ccc(Cl)cc1C(=O)Nc1ccc(S(=O)(=O)N(C)Cc2cccnc2)cc1. The van der Waals surface area contributed by atoms with E-state index < -0.39 is 26.0 Å². The number of sulfonamides is 2. The number of halogens is 1. The van der Waals surface area contributed by atoms with E-state index in [0.717, 1.165) is 5.56 Å². The van der Waals surface area contributed by atoms with Gasteiger partial charge in [0.15, 0.2) is 10.7 Å². The molecule has 1 amide bonds. The third kappa shape index (κ3) is 6.28. The molecule has 0 atom stereocenters. The molecule has 0 spiro atoms. The molecular weight excluding hydrogens is 566 g/mol. The number of amides is 1. The van der Waals surface area contributed by atoms with Gasteiger partial charge in [-0.1, -0.05) is 22.8 Å². The number of carbonyl (C=O) groups excluding carboxylic acids is 1. The molecule has 2 heterocycles. The number of nitrogens with zero attached hydrogens (tertiary/aromatic N) is 3. The number of rotatable bonds is 9. The highest BCUT2D eigenvalue weighted by atomic mass is 35.5. The first-order valence-corrected chi connectivity index (χ1v) is 14.7. The molecule has 0 aliphatic heterocycles. The number of aryl methyl sites for hydroxylation is 2. The zero-order valence-electron chi connectivity index (χ0n) is 21.0. The quantitative estimate of drug-likeness (QED) is 0.294. The zero-order chi connectivity index (χ0) is 28.4. The molecule has 0 fully saturated rings. The standard InChI is InChI=1S/C25H24ClN5O6S2/c1-16-24(17(2)37-29-16)38(33,34)30-23-11-6-19(26)13-22(23)25(32)28-20-7-9-21(10-8-20)39(35,36)31(3)15-18-5-4-12-27-14-18/h4-14,30H,15H2,1-3H3,(H,28,32). The van der Waals surface area contributed by atoms with Gasteiger partial charge in [0.2, 0.25) is 10.0 Å². The second-order valence-corrected chi connectivity index (χ2v) is 12.7. The summed E-state index contributed by atoms with van der Waals surface area (Å²) in [6, 6.07) is 13.2. The van der Waals surface area contributed by atoms with Crippen molar-refractivity contribution in [3.63, 3.8) is 0 Å². The Balaban J connectivity index is 1.53. The summed E-state index contributed by atoms with van der Waals surface area (Å²) in [4.78, 5) is 17.0. The number of pyridine rings is 1. The first-order valence-electron chi connectivity index (χ1n) is 11.4. The number of carbonyl (C=O) groups is 1. The second-order valence-electron chi connectivity index (χ2n) is 8.55. The molecule has 11 nitrogen and oxygen atoms in total. The smallest absolute Gasteiger partial charge is 0.267 e. The van der Waals surface area contributed by atoms with Crippen LogP contribution in [0.4, 0.5) is 11.4 Å². The molecule has 0 unspecified atom stereocenters. The summed E-state index contributed by atoms with van der Waals surface area (Å²) in [6.45, 7) is 3.08. The Morgan fingerprint density at radius 2 is 1.77 bits per heavy atom. The number of aromatic nitrogens is 2. The molecule has 14 heteroatoms. The average Bonchev–Trinajstić information content (AvgIpc) is 3.24. The molecule has 0 saturated heterocycles. The highest BCUT2D eigenvalue weighted by molar-refractivity contribution is 7.92. The summed E-state index contributed by atoms with van der Waals surface area (Å²) in [7, 11) is -6.48. The number of nitrogens with one attached hydrogen (secondary N) is 2. The van der Waals surface area contributed by atoms with Gasteiger partial charge in [0.05, 0.1) is 16.1 Å². The topological polar surface area (TPSA) is 152 Å². The van der Waals surface area contributed by atoms with E-state index in [1.165, 1.54) is 67.7 Å². The molecule has 0 aliphatic rings. The second kappa shape index (κ2) is 11.1. The maximum absolute atomic E-state index is 13.1. The summed E-state index contributed by atoms with van der Waals surface area (Å²) < 4.78 is 60.5. The van der Waals surface area contributed by atoms with Crippen molar-refractivity contribution >= 4 is 48.9 Å². The molecule has 2 N–H and O–H groups in total. The van der Waals surface area contributed by atoms with Gasteiger partial charge >= 0.3 is 0 Å². The minimum atomic E-state index is -4.13. The Kier molecular flexibility index (Phi) is 8.07. The van der Waals surface area contributed by atoms with Crippen LogP contribution in [0.25, 0.3) is 0 Å². The van der Waals surface area contributed by atoms with Crippen LogP contribution in [0, 0.1) is 13.8 Å². The number of anilines is 2. The van der Waals surface area contributed by atoms with Crippen molar-refractivity contribution in [3.8, 4) is 0 Å². The van der Waals surface area contributed by atoms with E-state index in [0.29, 0.717) is 0 Å². The van der Waals surface area contributed by atoms with Crippen LogP contribution in [0.3, 0.4) is 0 Å². The van der Waals surface area contributed by atoms with Gasteiger partial charge in [0.1, 0.15) is 5.69 Å². The lowest BCUT2D eigenvalue weighted by Crippen LogP contribution is -2.26. The van der Waals surface area contributed by atoms with E-state index in [2.05, 4.69) is 20.2 Å². The third-order valence-corrected chi connectivity index (χ3v) is 9.32. The lowest BCUT2D eigenvalue weighted by Gasteiger charge is -2.17. The van der Waals surface area contributed by atoms with Crippen LogP contribution >= 0.6 is 11.6 Å². The Bertz CT molecular complexity index is 1710. The van der Waals surface area contributed by atoms with Gasteiger partial charge in [0, 0.05) is 36.7 Å². The van der Waals surface area contributed by atoms with Gasteiger partial charge in [-0.15, -0.1) is 0 Å². The molecule has 39 heavy (non-hydrogen) atoms. The Hall–Kier alpha value is -3.78. The monoisotopic (exact) mass is 589 g/mol. The fourth-order valence-corrected chi connectivity index (χ4v) is 6.51. The summed E-state index contributed by atoms with van der Waals surface area (Å²) in [6.07, 6.45) is 3.19. The van der Waals surface area contributed by atoms with E-state index in [4.69, 9.17) is 16.1 Å². The van der Waals surface area contributed by atoms with Gasteiger partial charge in [-0.2, -0.15) is 4.31 Å². The van der Waals surface area contributed by atoms with Crippen molar-refractivity contribution in [3.05, 3.63) is 94.6 Å². The normalized spacial score (nSPS) is 11.9. The molecule has 204 valence electrons. The highest BCUT2D eigenvalue weighted by Gasteiger charge is 2.26. The van der Waals surface area contributed by atoms with Gasteiger partial charge in [-0.05, 0) is 67.9 Å². The van der Waals surface area contributed by atoms with Crippen molar-refractivity contribution < 1.29 is 26.2 Å². The predicted octanol–water partition coefficient (Wildman–Crippen LogP) is 4.21. The maximum Gasteiger partial charge on any atom is 0.267 e. The first-order chi connectivity index (χ1) is 18.4. The molecular formula is C25H24ClN5O6S2. The molecule has 0 saturated carbocycles. The molecule has 2 aromatic heterocycles. The lowest BCUT2D eigenvalue weighted by molar-refractivity contribution is 0.102. The van der Waals surface area contributed by atoms with E-state index in [-0.39, 0.29) is 49.8 Å². The average molecular weight is 590 g/mol. The van der Waals surface area contributed by atoms with E-state index in [1.54, 1.807) is 24.5 Å². The molecule has 2 aromatic carbocycles. The van der Waals surface area contributed by atoms with Crippen molar-refractivity contribution in [1.29, 1.82) is 0 Å². The van der Waals surface area contributed by atoms with Crippen LogP contribution in [-0.4, -0.2) is 44.2 Å². The molecule has 0 aliphatic carbocycles. The Morgan fingerprint density at radius 1 is 1.05 bits per heavy atom. The van der Waals surface area contributed by atoms with Crippen LogP contribution in [0.5, 0.6) is 0 Å². The summed E-state index contributed by atoms with van der Waals surface area (Å²) in [5, 5.41) is 6.51.